The lowest BCUT2D eigenvalue weighted by molar-refractivity contribution is -0.385. The molecule has 0 aliphatic heterocycles. The zero-order chi connectivity index (χ0) is 11.8. The van der Waals surface area contributed by atoms with Crippen molar-refractivity contribution in [3.63, 3.8) is 0 Å². The molecule has 0 N–H and O–H groups in total. The van der Waals surface area contributed by atoms with Crippen LogP contribution in [0.5, 0.6) is 0 Å². The van der Waals surface area contributed by atoms with Crippen LogP contribution in [-0.4, -0.2) is 4.92 Å². The van der Waals surface area contributed by atoms with Crippen LogP contribution < -0.4 is 0 Å². The summed E-state index contributed by atoms with van der Waals surface area (Å²) in [7, 11) is 0. The molecule has 0 amide bonds. The molecule has 0 unspecified atom stereocenters. The number of nitro benzene ring substituents is 1. The van der Waals surface area contributed by atoms with Gasteiger partial charge in [0.1, 0.15) is 0 Å². The Hall–Kier alpha value is -2.54. The fraction of sp³-hybridized carbons (Fsp3) is 0. The van der Waals surface area contributed by atoms with Crippen molar-refractivity contribution in [1.29, 1.82) is 10.5 Å². The highest BCUT2D eigenvalue weighted by Crippen LogP contribution is 2.14. The summed E-state index contributed by atoms with van der Waals surface area (Å²) >= 11 is 0. The molecule has 0 spiro atoms. The minimum Gasteiger partial charge on any atom is -0.258 e. The second kappa shape index (κ2) is 6.00. The smallest absolute Gasteiger partial charge is 0.258 e. The van der Waals surface area contributed by atoms with Crippen LogP contribution in [0.4, 0.5) is 14.5 Å². The van der Waals surface area contributed by atoms with Crippen LogP contribution in [0.2, 0.25) is 0 Å². The van der Waals surface area contributed by atoms with Gasteiger partial charge in [0, 0.05) is 6.07 Å². The van der Waals surface area contributed by atoms with Gasteiger partial charge < -0.3 is 0 Å². The third kappa shape index (κ3) is 4.29. The van der Waals surface area contributed by atoms with Crippen molar-refractivity contribution in [3.8, 4) is 12.1 Å². The summed E-state index contributed by atoms with van der Waals surface area (Å²) in [4.78, 5) is 9.19. The summed E-state index contributed by atoms with van der Waals surface area (Å²) in [5, 5.41) is 24.5. The van der Waals surface area contributed by atoms with Crippen molar-refractivity contribution in [2.75, 3.05) is 0 Å². The SMILES string of the molecule is N#CC#N.O=[N+]([O-])c1ccc(F)c(F)c1. The van der Waals surface area contributed by atoms with Gasteiger partial charge in [0.25, 0.3) is 5.69 Å². The van der Waals surface area contributed by atoms with Crippen molar-refractivity contribution in [3.05, 3.63) is 39.9 Å². The summed E-state index contributed by atoms with van der Waals surface area (Å²) in [5.41, 5.74) is -0.455. The van der Waals surface area contributed by atoms with Crippen LogP contribution in [0.15, 0.2) is 18.2 Å². The first-order valence-corrected chi connectivity index (χ1v) is 3.40. The number of nitrogens with zero attached hydrogens (tertiary/aromatic N) is 3. The molecule has 1 aromatic rings. The quantitative estimate of drug-likeness (QED) is 0.523. The first kappa shape index (κ1) is 12.5. The summed E-state index contributed by atoms with van der Waals surface area (Å²) in [6.07, 6.45) is 0. The van der Waals surface area contributed by atoms with Gasteiger partial charge in [-0.1, -0.05) is 0 Å². The fourth-order valence-electron chi connectivity index (χ4n) is 0.599. The van der Waals surface area contributed by atoms with Gasteiger partial charge in [-0.2, -0.15) is 10.5 Å². The molecule has 0 atom stereocenters. The third-order valence-electron chi connectivity index (χ3n) is 1.16. The van der Waals surface area contributed by atoms with Crippen molar-refractivity contribution in [1.82, 2.24) is 0 Å². The number of hydrogen-bond donors (Lipinski definition) is 0. The number of non-ortho nitro benzene ring substituents is 1. The van der Waals surface area contributed by atoms with E-state index >= 15 is 0 Å². The molecule has 0 aromatic heterocycles. The summed E-state index contributed by atoms with van der Waals surface area (Å²) in [6.45, 7) is 0. The molecule has 76 valence electrons. The fourth-order valence-corrected chi connectivity index (χ4v) is 0.599. The highest BCUT2D eigenvalue weighted by molar-refractivity contribution is 5.30. The van der Waals surface area contributed by atoms with Crippen molar-refractivity contribution in [2.24, 2.45) is 0 Å². The Morgan fingerprint density at radius 2 is 1.73 bits per heavy atom. The number of rotatable bonds is 1. The largest absolute Gasteiger partial charge is 0.272 e. The van der Waals surface area contributed by atoms with Gasteiger partial charge in [0.05, 0.1) is 11.0 Å². The standard InChI is InChI=1S/C6H3F2NO2.C2N2/c7-5-2-1-4(9(10)11)3-6(5)8;3-1-2-4/h1-3H;. The molecule has 0 bridgehead atoms. The van der Waals surface area contributed by atoms with Crippen LogP contribution in [0, 0.1) is 44.4 Å². The zero-order valence-corrected chi connectivity index (χ0v) is 7.15. The highest BCUT2D eigenvalue weighted by atomic mass is 19.2. The number of halogens is 2. The number of benzene rings is 1. The first-order chi connectivity index (χ1) is 7.02. The van der Waals surface area contributed by atoms with E-state index in [-0.39, 0.29) is 0 Å². The molecular weight excluding hydrogens is 208 g/mol. The van der Waals surface area contributed by atoms with E-state index in [0.717, 1.165) is 6.07 Å². The second-order valence-electron chi connectivity index (χ2n) is 2.08. The van der Waals surface area contributed by atoms with Gasteiger partial charge in [0.15, 0.2) is 23.8 Å². The maximum Gasteiger partial charge on any atom is 0.272 e. The van der Waals surface area contributed by atoms with E-state index in [2.05, 4.69) is 0 Å². The zero-order valence-electron chi connectivity index (χ0n) is 7.15. The highest BCUT2D eigenvalue weighted by Gasteiger charge is 2.09. The molecule has 0 fully saturated rings. The summed E-state index contributed by atoms with van der Waals surface area (Å²) in [6, 6.07) is 4.63. The van der Waals surface area contributed by atoms with Crippen molar-refractivity contribution < 1.29 is 13.7 Å². The molecule has 0 aliphatic carbocycles. The Morgan fingerprint density at radius 1 is 1.20 bits per heavy atom. The van der Waals surface area contributed by atoms with Gasteiger partial charge >= 0.3 is 0 Å². The predicted octanol–water partition coefficient (Wildman–Crippen LogP) is 1.91. The minimum atomic E-state index is -1.21. The molecule has 0 radical (unpaired) electrons. The molecule has 0 saturated carbocycles. The Kier molecular flexibility index (Phi) is 4.98. The Morgan fingerprint density at radius 3 is 2.07 bits per heavy atom. The number of nitriles is 2. The summed E-state index contributed by atoms with van der Waals surface area (Å²) in [5.74, 6) is -2.30. The van der Waals surface area contributed by atoms with Gasteiger partial charge in [-0.05, 0) is 6.07 Å². The predicted molar refractivity (Wildman–Crippen MR) is 44.2 cm³/mol. The van der Waals surface area contributed by atoms with E-state index in [1.54, 1.807) is 0 Å². The second-order valence-corrected chi connectivity index (χ2v) is 2.08. The van der Waals surface area contributed by atoms with E-state index in [1.807, 2.05) is 0 Å². The topological polar surface area (TPSA) is 90.7 Å². The van der Waals surface area contributed by atoms with Crippen LogP contribution in [-0.2, 0) is 0 Å². The van der Waals surface area contributed by atoms with E-state index in [9.17, 15) is 18.9 Å². The molecule has 1 rings (SSSR count). The molecule has 0 aliphatic rings. The monoisotopic (exact) mass is 211 g/mol. The molecule has 1 aromatic carbocycles. The lowest BCUT2D eigenvalue weighted by Gasteiger charge is -1.91. The van der Waals surface area contributed by atoms with Gasteiger partial charge in [-0.3, -0.25) is 10.1 Å². The third-order valence-corrected chi connectivity index (χ3v) is 1.16. The number of nitro groups is 1. The molecule has 15 heavy (non-hydrogen) atoms. The normalized spacial score (nSPS) is 7.73. The van der Waals surface area contributed by atoms with Gasteiger partial charge in [0.2, 0.25) is 0 Å². The molecule has 7 heteroatoms. The number of hydrogen-bond acceptors (Lipinski definition) is 4. The van der Waals surface area contributed by atoms with Crippen LogP contribution in [0.3, 0.4) is 0 Å². The van der Waals surface area contributed by atoms with E-state index in [1.165, 1.54) is 12.1 Å². The van der Waals surface area contributed by atoms with Crippen molar-refractivity contribution in [2.45, 2.75) is 0 Å². The van der Waals surface area contributed by atoms with E-state index in [0.29, 0.717) is 12.1 Å². The molecule has 0 heterocycles. The molecule has 0 saturated heterocycles. The average molecular weight is 211 g/mol. The Bertz CT molecular complexity index is 436. The van der Waals surface area contributed by atoms with Crippen LogP contribution in [0.25, 0.3) is 0 Å². The Labute approximate surface area is 82.9 Å². The summed E-state index contributed by atoms with van der Waals surface area (Å²) < 4.78 is 24.4. The first-order valence-electron chi connectivity index (χ1n) is 3.40. The Balaban J connectivity index is 0.000000423. The molecular formula is C8H3F2N3O2. The lowest BCUT2D eigenvalue weighted by Crippen LogP contribution is -1.90. The van der Waals surface area contributed by atoms with Gasteiger partial charge in [-0.25, -0.2) is 8.78 Å². The van der Waals surface area contributed by atoms with E-state index in [4.69, 9.17) is 10.5 Å². The van der Waals surface area contributed by atoms with Crippen molar-refractivity contribution >= 4 is 5.69 Å². The maximum atomic E-state index is 12.3. The van der Waals surface area contributed by atoms with Crippen LogP contribution in [0.1, 0.15) is 0 Å². The average Bonchev–Trinajstić information content (AvgIpc) is 2.22. The minimum absolute atomic E-state index is 0.455. The van der Waals surface area contributed by atoms with Gasteiger partial charge in [-0.15, -0.1) is 0 Å². The maximum absolute atomic E-state index is 12.3. The molecule has 5 nitrogen and oxygen atoms in total. The van der Waals surface area contributed by atoms with E-state index < -0.39 is 22.2 Å². The lowest BCUT2D eigenvalue weighted by atomic mass is 10.3. The van der Waals surface area contributed by atoms with Crippen LogP contribution >= 0.6 is 0 Å².